The van der Waals surface area contributed by atoms with E-state index in [1.54, 1.807) is 13.8 Å². The Labute approximate surface area is 233 Å². The zero-order valence-corrected chi connectivity index (χ0v) is 23.5. The van der Waals surface area contributed by atoms with Gasteiger partial charge in [0.2, 0.25) is 23.6 Å². The number of nitrogens with two attached hydrogens (primary N) is 2. The van der Waals surface area contributed by atoms with Crippen LogP contribution in [-0.4, -0.2) is 101 Å². The Morgan fingerprint density at radius 1 is 0.725 bits per heavy atom. The molecular formula is C24H46N8O8. The predicted molar refractivity (Wildman–Crippen MR) is 146 cm³/mol. The lowest BCUT2D eigenvalue weighted by molar-refractivity contribution is -0.143. The number of aliphatic hydroxyl groups is 2. The summed E-state index contributed by atoms with van der Waals surface area (Å²) < 4.78 is 0. The summed E-state index contributed by atoms with van der Waals surface area (Å²) in [6.07, 6.45) is 0.668. The van der Waals surface area contributed by atoms with E-state index in [4.69, 9.17) is 27.1 Å². The van der Waals surface area contributed by atoms with Gasteiger partial charge in [-0.05, 0) is 37.5 Å². The third-order valence-corrected chi connectivity index (χ3v) is 5.63. The second-order valence-electron chi connectivity index (χ2n) is 10.3. The third-order valence-electron chi connectivity index (χ3n) is 5.63. The topological polar surface area (TPSA) is 282 Å². The second kappa shape index (κ2) is 18.7. The summed E-state index contributed by atoms with van der Waals surface area (Å²) in [5, 5.41) is 47.2. The Bertz CT molecular complexity index is 870. The maximum atomic E-state index is 13.3. The quantitative estimate of drug-likeness (QED) is 0.0412. The highest BCUT2D eigenvalue weighted by Gasteiger charge is 2.32. The number of rotatable bonds is 19. The number of aliphatic carboxylic acids is 1. The maximum Gasteiger partial charge on any atom is 0.328 e. The Morgan fingerprint density at radius 2 is 1.15 bits per heavy atom. The smallest absolute Gasteiger partial charge is 0.328 e. The molecule has 0 unspecified atom stereocenters. The Balaban J connectivity index is 5.89. The van der Waals surface area contributed by atoms with E-state index in [1.807, 2.05) is 13.8 Å². The molecule has 40 heavy (non-hydrogen) atoms. The Kier molecular flexibility index (Phi) is 17.1. The van der Waals surface area contributed by atoms with Crippen molar-refractivity contribution in [3.63, 3.8) is 0 Å². The van der Waals surface area contributed by atoms with Gasteiger partial charge in [0.25, 0.3) is 0 Å². The van der Waals surface area contributed by atoms with E-state index < -0.39 is 73.0 Å². The van der Waals surface area contributed by atoms with Gasteiger partial charge < -0.3 is 53.4 Å². The highest BCUT2D eigenvalue weighted by molar-refractivity contribution is 5.95. The van der Waals surface area contributed by atoms with Crippen LogP contribution in [0.4, 0.5) is 0 Å². The molecule has 230 valence electrons. The van der Waals surface area contributed by atoms with Gasteiger partial charge in [0.15, 0.2) is 5.96 Å². The van der Waals surface area contributed by atoms with E-state index in [9.17, 15) is 29.1 Å². The van der Waals surface area contributed by atoms with Crippen molar-refractivity contribution in [2.24, 2.45) is 23.3 Å². The van der Waals surface area contributed by atoms with Crippen LogP contribution >= 0.6 is 0 Å². The van der Waals surface area contributed by atoms with Gasteiger partial charge in [0.05, 0.1) is 13.2 Å². The molecule has 16 nitrogen and oxygen atoms in total. The van der Waals surface area contributed by atoms with Crippen LogP contribution in [0.5, 0.6) is 0 Å². The van der Waals surface area contributed by atoms with E-state index >= 15 is 0 Å². The molecule has 0 aromatic rings. The molecule has 13 N–H and O–H groups in total. The number of carbonyl (C=O) groups excluding carboxylic acids is 4. The van der Waals surface area contributed by atoms with Crippen molar-refractivity contribution in [1.29, 1.82) is 5.41 Å². The van der Waals surface area contributed by atoms with E-state index in [0.717, 1.165) is 0 Å². The van der Waals surface area contributed by atoms with Crippen molar-refractivity contribution in [3.8, 4) is 0 Å². The van der Waals surface area contributed by atoms with Crippen LogP contribution in [0.15, 0.2) is 0 Å². The van der Waals surface area contributed by atoms with Gasteiger partial charge in [-0.1, -0.05) is 27.7 Å². The van der Waals surface area contributed by atoms with Gasteiger partial charge in [-0.15, -0.1) is 0 Å². The molecule has 0 aromatic heterocycles. The van der Waals surface area contributed by atoms with Crippen molar-refractivity contribution in [2.45, 2.75) is 83.6 Å². The molecule has 5 atom stereocenters. The largest absolute Gasteiger partial charge is 0.480 e. The van der Waals surface area contributed by atoms with Crippen LogP contribution in [-0.2, 0) is 24.0 Å². The minimum absolute atomic E-state index is 0.0405. The van der Waals surface area contributed by atoms with Gasteiger partial charge in [0.1, 0.15) is 30.2 Å². The Hall–Kier alpha value is -3.50. The summed E-state index contributed by atoms with van der Waals surface area (Å²) in [5.74, 6) is -4.88. The highest BCUT2D eigenvalue weighted by atomic mass is 16.4. The first-order valence-corrected chi connectivity index (χ1v) is 13.1. The van der Waals surface area contributed by atoms with Crippen molar-refractivity contribution >= 4 is 35.6 Å². The van der Waals surface area contributed by atoms with Crippen LogP contribution in [0.1, 0.15) is 53.4 Å². The number of aliphatic hydroxyl groups excluding tert-OH is 2. The molecule has 0 bridgehead atoms. The number of hydrogen-bond donors (Lipinski definition) is 11. The number of carboxylic acid groups (broad SMARTS) is 1. The van der Waals surface area contributed by atoms with E-state index in [1.165, 1.54) is 0 Å². The summed E-state index contributed by atoms with van der Waals surface area (Å²) in [4.78, 5) is 62.8. The molecule has 0 fully saturated rings. The van der Waals surface area contributed by atoms with Crippen LogP contribution in [0.3, 0.4) is 0 Å². The number of amides is 4. The van der Waals surface area contributed by atoms with Crippen molar-refractivity contribution < 1.29 is 39.3 Å². The molecular weight excluding hydrogens is 528 g/mol. The SMILES string of the molecule is CC(C)C[C@H](NC(=O)[C@H](CCCNC(=N)N)NC(=O)[C@H](CC(C)C)NC(=O)[C@@H](N)CO)C(=O)N[C@@H](CO)C(=O)O. The second-order valence-corrected chi connectivity index (χ2v) is 10.3. The minimum atomic E-state index is -1.57. The third kappa shape index (κ3) is 14.6. The maximum absolute atomic E-state index is 13.3. The predicted octanol–water partition coefficient (Wildman–Crippen LogP) is -3.32. The van der Waals surface area contributed by atoms with Crippen molar-refractivity contribution in [1.82, 2.24) is 26.6 Å². The van der Waals surface area contributed by atoms with Crippen molar-refractivity contribution in [2.75, 3.05) is 19.8 Å². The number of hydrogen-bond acceptors (Lipinski definition) is 9. The summed E-state index contributed by atoms with van der Waals surface area (Å²) in [5.41, 5.74) is 10.8. The molecule has 0 aliphatic heterocycles. The van der Waals surface area contributed by atoms with Gasteiger partial charge >= 0.3 is 5.97 Å². The van der Waals surface area contributed by atoms with Gasteiger partial charge in [-0.25, -0.2) is 4.79 Å². The molecule has 0 aliphatic rings. The fourth-order valence-corrected chi connectivity index (χ4v) is 3.57. The first-order chi connectivity index (χ1) is 18.6. The molecule has 0 spiro atoms. The van der Waals surface area contributed by atoms with Gasteiger partial charge in [-0.3, -0.25) is 24.6 Å². The van der Waals surface area contributed by atoms with Gasteiger partial charge in [-0.2, -0.15) is 0 Å². The lowest BCUT2D eigenvalue weighted by Gasteiger charge is -2.27. The van der Waals surface area contributed by atoms with Crippen LogP contribution < -0.4 is 38.1 Å². The summed E-state index contributed by atoms with van der Waals surface area (Å²) in [6.45, 7) is 5.94. The van der Waals surface area contributed by atoms with Crippen LogP contribution in [0, 0.1) is 17.2 Å². The summed E-state index contributed by atoms with van der Waals surface area (Å²) in [7, 11) is 0. The average molecular weight is 575 g/mol. The molecule has 16 heteroatoms. The first-order valence-electron chi connectivity index (χ1n) is 13.1. The lowest BCUT2D eigenvalue weighted by atomic mass is 10.0. The fourth-order valence-electron chi connectivity index (χ4n) is 3.57. The monoisotopic (exact) mass is 574 g/mol. The standard InChI is InChI=1S/C24H46N8O8/c1-12(2)8-16(30-19(35)14(25)10-33)21(37)29-15(6-5-7-28-24(26)27)20(36)31-17(9-13(3)4)22(38)32-18(11-34)23(39)40/h12-18,33-34H,5-11,25H2,1-4H3,(H,29,37)(H,30,35)(H,31,36)(H,32,38)(H,39,40)(H4,26,27,28)/t14-,15-,16-,17-,18-/m0/s1. The Morgan fingerprint density at radius 3 is 1.55 bits per heavy atom. The average Bonchev–Trinajstić information content (AvgIpc) is 2.86. The van der Waals surface area contributed by atoms with Crippen molar-refractivity contribution in [3.05, 3.63) is 0 Å². The minimum Gasteiger partial charge on any atom is -0.480 e. The molecule has 0 heterocycles. The zero-order valence-electron chi connectivity index (χ0n) is 23.5. The van der Waals surface area contributed by atoms with E-state index in [-0.39, 0.29) is 50.0 Å². The highest BCUT2D eigenvalue weighted by Crippen LogP contribution is 2.09. The summed E-state index contributed by atoms with van der Waals surface area (Å²) >= 11 is 0. The molecule has 0 radical (unpaired) electrons. The summed E-state index contributed by atoms with van der Waals surface area (Å²) in [6, 6.07) is -6.26. The van der Waals surface area contributed by atoms with E-state index in [2.05, 4.69) is 26.6 Å². The molecule has 0 saturated heterocycles. The number of guanidine groups is 1. The molecule has 0 aliphatic carbocycles. The lowest BCUT2D eigenvalue weighted by Crippen LogP contribution is -2.59. The number of nitrogens with one attached hydrogen (secondary N) is 6. The molecule has 0 aromatic carbocycles. The van der Waals surface area contributed by atoms with Gasteiger partial charge in [0, 0.05) is 6.54 Å². The normalized spacial score (nSPS) is 14.8. The fraction of sp³-hybridized carbons (Fsp3) is 0.750. The van der Waals surface area contributed by atoms with Crippen LogP contribution in [0.2, 0.25) is 0 Å². The molecule has 0 rings (SSSR count). The first kappa shape index (κ1) is 36.5. The molecule has 4 amide bonds. The zero-order chi connectivity index (χ0) is 31.0. The number of carbonyl (C=O) groups is 5. The van der Waals surface area contributed by atoms with Crippen LogP contribution in [0.25, 0.3) is 0 Å². The van der Waals surface area contributed by atoms with E-state index in [0.29, 0.717) is 0 Å². The molecule has 0 saturated carbocycles. The number of carboxylic acids is 1.